The Labute approximate surface area is 452 Å². The first kappa shape index (κ1) is 56.1. The van der Waals surface area contributed by atoms with Crippen LogP contribution in [-0.2, 0) is 32.1 Å². The van der Waals surface area contributed by atoms with Gasteiger partial charge in [-0.3, -0.25) is 19.2 Å². The third-order valence-electron chi connectivity index (χ3n) is 11.7. The van der Waals surface area contributed by atoms with Crippen molar-refractivity contribution in [1.29, 1.82) is 0 Å². The van der Waals surface area contributed by atoms with Gasteiger partial charge in [-0.25, -0.2) is 33.5 Å². The molecule has 0 saturated heterocycles. The van der Waals surface area contributed by atoms with E-state index in [9.17, 15) is 58.9 Å². The molecule has 0 aliphatic heterocycles. The van der Waals surface area contributed by atoms with E-state index in [0.29, 0.717) is 11.6 Å². The maximum Gasteiger partial charge on any atom is 0.374 e. The fraction of sp³-hybridized carbons (Fsp3) is 0.212. The second kappa shape index (κ2) is 24.9. The van der Waals surface area contributed by atoms with Crippen LogP contribution < -0.4 is 25.6 Å². The molecule has 0 aliphatic rings. The van der Waals surface area contributed by atoms with E-state index in [1.807, 2.05) is 0 Å². The molecule has 0 atom stereocenters. The summed E-state index contributed by atoms with van der Waals surface area (Å²) in [5, 5.41) is 52.9. The van der Waals surface area contributed by atoms with Crippen LogP contribution in [0, 0.1) is 34.1 Å². The van der Waals surface area contributed by atoms with Gasteiger partial charge in [0.2, 0.25) is 11.5 Å². The number of hydrogen-bond acceptors (Lipinski definition) is 23. The van der Waals surface area contributed by atoms with E-state index in [0.717, 1.165) is 36.7 Å². The van der Waals surface area contributed by atoms with Crippen LogP contribution in [0.15, 0.2) is 132 Å². The molecule has 0 aliphatic carbocycles. The first-order valence-corrected chi connectivity index (χ1v) is 24.0. The Morgan fingerprint density at radius 3 is 1.68 bits per heavy atom. The number of hydrogen-bond donors (Lipinski definition) is 3. The van der Waals surface area contributed by atoms with Crippen molar-refractivity contribution in [2.45, 2.75) is 39.5 Å². The minimum absolute atomic E-state index is 0.0605. The Morgan fingerprint density at radius 1 is 0.691 bits per heavy atom. The van der Waals surface area contributed by atoms with E-state index < -0.39 is 92.6 Å². The van der Waals surface area contributed by atoms with Crippen LogP contribution in [-0.4, -0.2) is 108 Å². The second-order valence-electron chi connectivity index (χ2n) is 17.1. The lowest BCUT2D eigenvalue weighted by atomic mass is 10.1. The molecule has 81 heavy (non-hydrogen) atoms. The molecule has 3 N–H and O–H groups in total. The molecule has 4 aromatic carbocycles. The van der Waals surface area contributed by atoms with E-state index >= 15 is 0 Å². The highest BCUT2D eigenvalue weighted by molar-refractivity contribution is 5.95. The van der Waals surface area contributed by atoms with Crippen LogP contribution in [0.25, 0.3) is 21.9 Å². The molecule has 8 aromatic rings. The van der Waals surface area contributed by atoms with Crippen molar-refractivity contribution in [1.82, 2.24) is 24.4 Å². The molecule has 8 rings (SSSR count). The number of azo groups is 1. The highest BCUT2D eigenvalue weighted by Crippen LogP contribution is 2.29. The van der Waals surface area contributed by atoms with Crippen LogP contribution in [0.5, 0.6) is 17.2 Å². The molecule has 0 bridgehead atoms. The van der Waals surface area contributed by atoms with Crippen molar-refractivity contribution < 1.29 is 76.6 Å². The number of phenolic OH excluding ortho intramolecular Hbond substituents is 1. The molecular formula is C52H43N9O20. The van der Waals surface area contributed by atoms with Gasteiger partial charge < -0.3 is 68.3 Å². The van der Waals surface area contributed by atoms with Gasteiger partial charge >= 0.3 is 35.5 Å². The molecule has 4 aromatic heterocycles. The lowest BCUT2D eigenvalue weighted by Gasteiger charge is -2.20. The topological polar surface area (TPSA) is 391 Å². The third kappa shape index (κ3) is 13.5. The van der Waals surface area contributed by atoms with Crippen LogP contribution in [0.3, 0.4) is 0 Å². The van der Waals surface area contributed by atoms with Gasteiger partial charge in [0, 0.05) is 38.1 Å². The predicted molar refractivity (Wildman–Crippen MR) is 276 cm³/mol. The standard InChI is InChI=1S/C52H43N9O20/c1-28-54-24-44(60(71)72)58(28)17-19-75-51(69)42-22-36(63)47-38(5-3-7-40(47)80-42)77-26-33(79-50(68)34-21-32(13-14-35(34)62)57-56-31-11-9-30(10-12-31)49(67)53-16-15-46(65)66)27-78-39-6-4-8-41-48(39)37(64)23-43(81-41)52(70)76-20-18-59-29(2)55-25-45(59)61(73)74/h3-14,21-25,33,62H,15-20,26-27H2,1-2H3,(H,53,67)(H,65,66). The number of aromatic nitrogens is 4. The number of phenols is 1. The zero-order valence-corrected chi connectivity index (χ0v) is 42.4. The minimum atomic E-state index is -1.44. The quantitative estimate of drug-likeness (QED) is 0.0192. The van der Waals surface area contributed by atoms with E-state index in [1.54, 1.807) is 0 Å². The van der Waals surface area contributed by atoms with Crippen molar-refractivity contribution in [3.05, 3.63) is 178 Å². The Morgan fingerprint density at radius 2 is 1.19 bits per heavy atom. The molecule has 0 spiro atoms. The summed E-state index contributed by atoms with van der Waals surface area (Å²) in [6, 6.07) is 19.5. The number of aryl methyl sites for hydroxylation is 2. The molecule has 4 heterocycles. The van der Waals surface area contributed by atoms with Crippen LogP contribution >= 0.6 is 0 Å². The van der Waals surface area contributed by atoms with Gasteiger partial charge in [0.1, 0.15) is 96.7 Å². The van der Waals surface area contributed by atoms with Gasteiger partial charge in [-0.1, -0.05) is 12.1 Å². The van der Waals surface area contributed by atoms with E-state index in [4.69, 9.17) is 37.6 Å². The summed E-state index contributed by atoms with van der Waals surface area (Å²) in [5.41, 5.74) is -1.64. The summed E-state index contributed by atoms with van der Waals surface area (Å²) >= 11 is 0. The van der Waals surface area contributed by atoms with Crippen molar-refractivity contribution in [3.8, 4) is 17.2 Å². The zero-order chi connectivity index (χ0) is 57.9. The summed E-state index contributed by atoms with van der Waals surface area (Å²) in [7, 11) is 0. The van der Waals surface area contributed by atoms with Gasteiger partial charge in [-0.05, 0) is 76.6 Å². The number of carboxylic acid groups (broad SMARTS) is 1. The van der Waals surface area contributed by atoms with E-state index in [2.05, 4.69) is 25.5 Å². The Kier molecular flexibility index (Phi) is 17.2. The molecule has 0 saturated carbocycles. The number of nitrogens with one attached hydrogen (secondary N) is 1. The lowest BCUT2D eigenvalue weighted by Crippen LogP contribution is -2.31. The highest BCUT2D eigenvalue weighted by atomic mass is 16.6. The average molecular weight is 1110 g/mol. The van der Waals surface area contributed by atoms with Crippen LogP contribution in [0.2, 0.25) is 0 Å². The number of carbonyl (C=O) groups is 5. The Bertz CT molecular complexity index is 3740. The molecule has 1 amide bonds. The normalized spacial score (nSPS) is 11.2. The van der Waals surface area contributed by atoms with Gasteiger partial charge in [-0.2, -0.15) is 10.2 Å². The van der Waals surface area contributed by atoms with Gasteiger partial charge in [0.15, 0.2) is 28.6 Å². The first-order chi connectivity index (χ1) is 38.8. The number of aromatic hydroxyl groups is 1. The van der Waals surface area contributed by atoms with Gasteiger partial charge in [-0.15, -0.1) is 0 Å². The van der Waals surface area contributed by atoms with Crippen molar-refractivity contribution in [2.24, 2.45) is 10.2 Å². The van der Waals surface area contributed by atoms with Gasteiger partial charge in [0.05, 0.1) is 17.8 Å². The number of ether oxygens (including phenoxy) is 5. The number of fused-ring (bicyclic) bond motifs is 2. The summed E-state index contributed by atoms with van der Waals surface area (Å²) in [4.78, 5) is 120. The maximum absolute atomic E-state index is 14.0. The summed E-state index contributed by atoms with van der Waals surface area (Å²) in [6.45, 7) is 0.848. The fourth-order valence-electron chi connectivity index (χ4n) is 7.78. The molecule has 0 unspecified atom stereocenters. The lowest BCUT2D eigenvalue weighted by molar-refractivity contribution is -0.392. The molecule has 29 heteroatoms. The van der Waals surface area contributed by atoms with Crippen molar-refractivity contribution >= 4 is 74.7 Å². The number of imidazole rings is 2. The molecule has 416 valence electrons. The third-order valence-corrected chi connectivity index (χ3v) is 11.7. The number of esters is 3. The smallest absolute Gasteiger partial charge is 0.374 e. The number of amides is 1. The number of nitrogens with zero attached hydrogens (tertiary/aromatic N) is 8. The molecular weight excluding hydrogens is 1070 g/mol. The number of carbonyl (C=O) groups excluding carboxylic acids is 4. The number of nitro groups is 2. The fourth-order valence-corrected chi connectivity index (χ4v) is 7.78. The largest absolute Gasteiger partial charge is 0.507 e. The number of benzene rings is 4. The van der Waals surface area contributed by atoms with Crippen molar-refractivity contribution in [3.63, 3.8) is 0 Å². The highest BCUT2D eigenvalue weighted by Gasteiger charge is 2.26. The molecule has 0 radical (unpaired) electrons. The van der Waals surface area contributed by atoms with E-state index in [1.165, 1.54) is 89.7 Å². The average Bonchev–Trinajstić information content (AvgIpc) is 4.02. The maximum atomic E-state index is 14.0. The molecule has 0 fully saturated rings. The summed E-state index contributed by atoms with van der Waals surface area (Å²) in [6.07, 6.45) is 0.409. The monoisotopic (exact) mass is 1110 g/mol. The zero-order valence-electron chi connectivity index (χ0n) is 42.4. The Hall–Kier alpha value is -11.1. The number of aliphatic carboxylic acids is 1. The molecule has 29 nitrogen and oxygen atoms in total. The predicted octanol–water partition coefficient (Wildman–Crippen LogP) is 6.45. The first-order valence-electron chi connectivity index (χ1n) is 24.0. The van der Waals surface area contributed by atoms with Gasteiger partial charge in [0.25, 0.3) is 5.91 Å². The second-order valence-corrected chi connectivity index (χ2v) is 17.1. The number of rotatable bonds is 24. The minimum Gasteiger partial charge on any atom is -0.507 e. The SMILES string of the molecule is Cc1ncc([N+](=O)[O-])n1CCOC(=O)c1cc(=O)c2c(OCC(COc3cccc4oc(C(=O)OCCn5c([N+](=O)[O-])cnc5C)cc(=O)c34)OC(=O)c3cc(N=Nc4ccc(C(=O)NCCC(=O)O)cc4)ccc3O)cccc2o1. The van der Waals surface area contributed by atoms with Crippen molar-refractivity contribution in [2.75, 3.05) is 33.0 Å². The van der Waals surface area contributed by atoms with Crippen LogP contribution in [0.4, 0.5) is 23.0 Å². The van der Waals surface area contributed by atoms with E-state index in [-0.39, 0.29) is 101 Å². The Balaban J connectivity index is 1.01. The number of carboxylic acids is 1. The summed E-state index contributed by atoms with van der Waals surface area (Å²) in [5.74, 6) is -6.69. The summed E-state index contributed by atoms with van der Waals surface area (Å²) < 4.78 is 42.3. The van der Waals surface area contributed by atoms with Crippen LogP contribution in [0.1, 0.15) is 59.9 Å².